The molecule has 0 aromatic heterocycles. The van der Waals surface area contributed by atoms with Crippen LogP contribution in [-0.4, -0.2) is 18.7 Å². The Hall–Kier alpha value is -2.19. The molecule has 7 heteroatoms. The predicted molar refractivity (Wildman–Crippen MR) is 102 cm³/mol. The third-order valence-electron chi connectivity index (χ3n) is 3.07. The maximum atomic E-state index is 12.1. The van der Waals surface area contributed by atoms with Gasteiger partial charge in [0.05, 0.1) is 26.8 Å². The quantitative estimate of drug-likeness (QED) is 0.452. The van der Waals surface area contributed by atoms with Crippen molar-refractivity contribution in [1.29, 1.82) is 0 Å². The first-order valence-electron chi connectivity index (χ1n) is 7.07. The third kappa shape index (κ3) is 5.14. The molecule has 0 bridgehead atoms. The van der Waals surface area contributed by atoms with Crippen LogP contribution in [0.15, 0.2) is 35.4 Å². The lowest BCUT2D eigenvalue weighted by Gasteiger charge is -2.08. The highest BCUT2D eigenvalue weighted by Crippen LogP contribution is 2.33. The Kier molecular flexibility index (Phi) is 6.72. The molecule has 0 radical (unpaired) electrons. The molecular weight excluding hydrogens is 383 g/mol. The van der Waals surface area contributed by atoms with Crippen molar-refractivity contribution < 1.29 is 9.53 Å². The third-order valence-corrected chi connectivity index (χ3v) is 3.94. The number of rotatable bonds is 5. The summed E-state index contributed by atoms with van der Waals surface area (Å²) < 4.78 is 5.27. The van der Waals surface area contributed by atoms with Crippen LogP contribution in [-0.2, 0) is 0 Å². The van der Waals surface area contributed by atoms with Crippen LogP contribution in [0.1, 0.15) is 21.5 Å². The van der Waals surface area contributed by atoms with Gasteiger partial charge in [0.2, 0.25) is 0 Å². The van der Waals surface area contributed by atoms with Gasteiger partial charge in [0.15, 0.2) is 5.75 Å². The lowest BCUT2D eigenvalue weighted by Crippen LogP contribution is -2.18. The van der Waals surface area contributed by atoms with E-state index in [1.165, 1.54) is 6.21 Å². The summed E-state index contributed by atoms with van der Waals surface area (Å²) in [6.07, 6.45) is 6.54. The van der Waals surface area contributed by atoms with Gasteiger partial charge in [0.25, 0.3) is 5.91 Å². The average Bonchev–Trinajstić information content (AvgIpc) is 2.54. The van der Waals surface area contributed by atoms with Crippen LogP contribution in [0.5, 0.6) is 5.75 Å². The van der Waals surface area contributed by atoms with Gasteiger partial charge >= 0.3 is 0 Å². The summed E-state index contributed by atoms with van der Waals surface area (Å²) in [6.45, 7) is 1.94. The monoisotopic (exact) mass is 394 g/mol. The normalized spacial score (nSPS) is 10.5. The minimum atomic E-state index is -0.424. The van der Waals surface area contributed by atoms with Gasteiger partial charge in [-0.15, -0.1) is 6.42 Å². The fourth-order valence-corrected chi connectivity index (χ4v) is 2.87. The van der Waals surface area contributed by atoms with Gasteiger partial charge in [-0.3, -0.25) is 4.79 Å². The number of carbonyl (C=O) groups is 1. The Morgan fingerprint density at radius 3 is 2.52 bits per heavy atom. The highest BCUT2D eigenvalue weighted by Gasteiger charge is 2.10. The van der Waals surface area contributed by atoms with Crippen molar-refractivity contribution in [3.63, 3.8) is 0 Å². The molecule has 2 aromatic carbocycles. The maximum Gasteiger partial charge on any atom is 0.272 e. The lowest BCUT2D eigenvalue weighted by atomic mass is 10.1. The van der Waals surface area contributed by atoms with Crippen LogP contribution in [0.3, 0.4) is 0 Å². The van der Waals surface area contributed by atoms with Gasteiger partial charge in [0.1, 0.15) is 6.61 Å². The molecule has 0 aliphatic heterocycles. The van der Waals surface area contributed by atoms with Crippen molar-refractivity contribution in [2.24, 2.45) is 5.10 Å². The number of halogens is 3. The van der Waals surface area contributed by atoms with Crippen molar-refractivity contribution in [2.45, 2.75) is 6.92 Å². The van der Waals surface area contributed by atoms with E-state index in [1.807, 2.05) is 6.92 Å². The maximum absolute atomic E-state index is 12.1. The largest absolute Gasteiger partial charge is 0.478 e. The van der Waals surface area contributed by atoms with Crippen LogP contribution < -0.4 is 10.2 Å². The molecule has 4 nitrogen and oxygen atoms in total. The summed E-state index contributed by atoms with van der Waals surface area (Å²) in [5.74, 6) is 2.21. The molecule has 0 fully saturated rings. The number of aryl methyl sites for hydroxylation is 1. The van der Waals surface area contributed by atoms with Crippen molar-refractivity contribution >= 4 is 46.9 Å². The molecule has 0 saturated carbocycles. The van der Waals surface area contributed by atoms with Crippen molar-refractivity contribution in [3.05, 3.63) is 62.1 Å². The van der Waals surface area contributed by atoms with Crippen LogP contribution in [0, 0.1) is 19.3 Å². The summed E-state index contributed by atoms with van der Waals surface area (Å²) >= 11 is 18.2. The Morgan fingerprint density at radius 1 is 1.24 bits per heavy atom. The van der Waals surface area contributed by atoms with Gasteiger partial charge in [-0.1, -0.05) is 46.8 Å². The Morgan fingerprint density at radius 2 is 1.92 bits per heavy atom. The predicted octanol–water partition coefficient (Wildman–Crippen LogP) is 4.73. The minimum Gasteiger partial charge on any atom is -0.478 e. The van der Waals surface area contributed by atoms with Crippen LogP contribution in [0.4, 0.5) is 0 Å². The molecule has 0 aliphatic rings. The Bertz CT molecular complexity index is 850. The van der Waals surface area contributed by atoms with E-state index in [1.54, 1.807) is 30.3 Å². The first kappa shape index (κ1) is 19.1. The van der Waals surface area contributed by atoms with Gasteiger partial charge in [-0.25, -0.2) is 5.43 Å². The molecule has 0 unspecified atom stereocenters. The highest BCUT2D eigenvalue weighted by atomic mass is 35.5. The number of hydrogen-bond donors (Lipinski definition) is 1. The van der Waals surface area contributed by atoms with E-state index in [9.17, 15) is 4.79 Å². The molecule has 0 spiro atoms. The van der Waals surface area contributed by atoms with Gasteiger partial charge < -0.3 is 4.74 Å². The second kappa shape index (κ2) is 8.77. The summed E-state index contributed by atoms with van der Waals surface area (Å²) in [4.78, 5) is 12.1. The molecule has 128 valence electrons. The zero-order valence-electron chi connectivity index (χ0n) is 13.1. The van der Waals surface area contributed by atoms with Crippen LogP contribution >= 0.6 is 34.8 Å². The van der Waals surface area contributed by atoms with E-state index < -0.39 is 5.91 Å². The molecule has 0 atom stereocenters. The molecule has 25 heavy (non-hydrogen) atoms. The number of hydrazone groups is 1. The molecule has 0 saturated heterocycles. The fraction of sp³-hybridized carbons (Fsp3) is 0.111. The SMILES string of the molecule is C#CCOc1c(Cl)cc(/C=N\NC(=O)c2ccc(C)cc2Cl)cc1Cl. The number of amides is 1. The molecule has 2 rings (SSSR count). The second-order valence-corrected chi connectivity index (χ2v) is 6.21. The summed E-state index contributed by atoms with van der Waals surface area (Å²) in [5, 5.41) is 4.82. The number of nitrogens with one attached hydrogen (secondary N) is 1. The summed E-state index contributed by atoms with van der Waals surface area (Å²) in [5.41, 5.74) is 4.27. The first-order chi connectivity index (χ1) is 11.9. The van der Waals surface area contributed by atoms with Gasteiger partial charge in [0, 0.05) is 0 Å². The number of nitrogens with zero attached hydrogens (tertiary/aromatic N) is 1. The van der Waals surface area contributed by atoms with E-state index in [4.69, 9.17) is 46.0 Å². The smallest absolute Gasteiger partial charge is 0.272 e. The molecule has 1 amide bonds. The second-order valence-electron chi connectivity index (χ2n) is 4.99. The number of ether oxygens (including phenoxy) is 1. The van der Waals surface area contributed by atoms with E-state index >= 15 is 0 Å². The van der Waals surface area contributed by atoms with E-state index in [0.29, 0.717) is 21.9 Å². The Balaban J connectivity index is 2.09. The molecule has 1 N–H and O–H groups in total. The first-order valence-corrected chi connectivity index (χ1v) is 8.20. The lowest BCUT2D eigenvalue weighted by molar-refractivity contribution is 0.0955. The fourth-order valence-electron chi connectivity index (χ4n) is 1.94. The summed E-state index contributed by atoms with van der Waals surface area (Å²) in [6, 6.07) is 8.31. The number of hydrogen-bond acceptors (Lipinski definition) is 3. The minimum absolute atomic E-state index is 0.0558. The highest BCUT2D eigenvalue weighted by molar-refractivity contribution is 6.37. The Labute approximate surface area is 160 Å². The molecular formula is C18H13Cl3N2O2. The molecule has 2 aromatic rings. The zero-order chi connectivity index (χ0) is 18.4. The van der Waals surface area contributed by atoms with Crippen molar-refractivity contribution in [2.75, 3.05) is 6.61 Å². The van der Waals surface area contributed by atoms with Crippen molar-refractivity contribution in [3.8, 4) is 18.1 Å². The van der Waals surface area contributed by atoms with Crippen molar-refractivity contribution in [1.82, 2.24) is 5.43 Å². The average molecular weight is 396 g/mol. The summed E-state index contributed by atoms with van der Waals surface area (Å²) in [7, 11) is 0. The molecule has 0 aliphatic carbocycles. The molecule has 0 heterocycles. The number of benzene rings is 2. The van der Waals surface area contributed by atoms with Gasteiger partial charge in [-0.05, 0) is 42.3 Å². The zero-order valence-corrected chi connectivity index (χ0v) is 15.4. The standard InChI is InChI=1S/C18H13Cl3N2O2/c1-3-6-25-17-15(20)8-12(9-16(17)21)10-22-23-18(24)13-5-4-11(2)7-14(13)19/h1,4-5,7-10H,6H2,2H3,(H,23,24)/b22-10-. The number of terminal acetylenes is 1. The number of carbonyl (C=O) groups excluding carboxylic acids is 1. The van der Waals surface area contributed by atoms with Gasteiger partial charge in [-0.2, -0.15) is 5.10 Å². The van der Waals surface area contributed by atoms with E-state index in [2.05, 4.69) is 16.4 Å². The van der Waals surface area contributed by atoms with E-state index in [-0.39, 0.29) is 16.7 Å². The topological polar surface area (TPSA) is 50.7 Å². The van der Waals surface area contributed by atoms with E-state index in [0.717, 1.165) is 5.56 Å². The van der Waals surface area contributed by atoms with Crippen LogP contribution in [0.2, 0.25) is 15.1 Å². The van der Waals surface area contributed by atoms with Crippen LogP contribution in [0.25, 0.3) is 0 Å².